The van der Waals surface area contributed by atoms with E-state index in [-0.39, 0.29) is 0 Å². The maximum absolute atomic E-state index is 6.27. The van der Waals surface area contributed by atoms with Crippen LogP contribution in [-0.2, 0) is 12.0 Å². The lowest BCUT2D eigenvalue weighted by Gasteiger charge is -2.36. The molecular formula is C41H31N. The van der Waals surface area contributed by atoms with Crippen molar-refractivity contribution < 1.29 is 0 Å². The van der Waals surface area contributed by atoms with Gasteiger partial charge < -0.3 is 5.73 Å². The van der Waals surface area contributed by atoms with Gasteiger partial charge in [-0.2, -0.15) is 0 Å². The monoisotopic (exact) mass is 537 g/mol. The number of fused-ring (bicyclic) bond motifs is 5. The lowest BCUT2D eigenvalue weighted by atomic mass is 9.66. The molecule has 0 fully saturated rings. The van der Waals surface area contributed by atoms with E-state index in [1.165, 1.54) is 71.6 Å². The van der Waals surface area contributed by atoms with E-state index in [2.05, 4.69) is 152 Å². The summed E-state index contributed by atoms with van der Waals surface area (Å²) in [6.45, 7) is 0.505. The number of allylic oxidation sites excluding steroid dienone is 6. The largest absolute Gasteiger partial charge is 0.326 e. The van der Waals surface area contributed by atoms with Gasteiger partial charge in [0, 0.05) is 6.54 Å². The van der Waals surface area contributed by atoms with Crippen molar-refractivity contribution in [1.29, 1.82) is 0 Å². The summed E-state index contributed by atoms with van der Waals surface area (Å²) in [4.78, 5) is 0. The zero-order valence-corrected chi connectivity index (χ0v) is 23.4. The molecule has 8 rings (SSSR count). The van der Waals surface area contributed by atoms with Crippen LogP contribution in [0.2, 0.25) is 0 Å². The van der Waals surface area contributed by atoms with Gasteiger partial charge in [0.05, 0.1) is 5.41 Å². The quantitative estimate of drug-likeness (QED) is 0.238. The molecule has 2 aliphatic rings. The first-order chi connectivity index (χ1) is 20.8. The summed E-state index contributed by atoms with van der Waals surface area (Å²) < 4.78 is 0. The van der Waals surface area contributed by atoms with E-state index in [0.29, 0.717) is 6.54 Å². The van der Waals surface area contributed by atoms with Crippen molar-refractivity contribution in [3.63, 3.8) is 0 Å². The Kier molecular flexibility index (Phi) is 5.80. The van der Waals surface area contributed by atoms with E-state index in [1.807, 2.05) is 0 Å². The van der Waals surface area contributed by atoms with Crippen LogP contribution < -0.4 is 5.73 Å². The smallest absolute Gasteiger partial charge is 0.0679 e. The topological polar surface area (TPSA) is 26.0 Å². The fourth-order valence-corrected chi connectivity index (χ4v) is 7.39. The van der Waals surface area contributed by atoms with Crippen LogP contribution >= 0.6 is 0 Å². The highest BCUT2D eigenvalue weighted by Gasteiger charge is 2.47. The molecule has 42 heavy (non-hydrogen) atoms. The number of benzene rings is 6. The Labute approximate surface area is 247 Å². The Bertz CT molecular complexity index is 2080. The molecule has 0 heterocycles. The summed E-state index contributed by atoms with van der Waals surface area (Å²) in [5, 5.41) is 5.05. The van der Waals surface area contributed by atoms with Gasteiger partial charge in [0.1, 0.15) is 0 Å². The molecule has 0 saturated heterocycles. The number of hydrogen-bond acceptors (Lipinski definition) is 1. The van der Waals surface area contributed by atoms with Crippen molar-refractivity contribution in [2.75, 3.05) is 0 Å². The first-order valence-electron chi connectivity index (χ1n) is 14.8. The molecule has 0 spiro atoms. The molecule has 0 aliphatic heterocycles. The van der Waals surface area contributed by atoms with Crippen molar-refractivity contribution in [3.8, 4) is 11.1 Å². The van der Waals surface area contributed by atoms with Gasteiger partial charge in [-0.25, -0.2) is 0 Å². The second-order valence-corrected chi connectivity index (χ2v) is 11.3. The summed E-state index contributed by atoms with van der Waals surface area (Å²) in [7, 11) is 0. The molecule has 0 radical (unpaired) electrons. The van der Waals surface area contributed by atoms with E-state index < -0.39 is 5.41 Å². The minimum Gasteiger partial charge on any atom is -0.326 e. The minimum absolute atomic E-state index is 0.395. The van der Waals surface area contributed by atoms with Gasteiger partial charge in [-0.15, -0.1) is 0 Å². The summed E-state index contributed by atoms with van der Waals surface area (Å²) in [5.41, 5.74) is 17.5. The average molecular weight is 538 g/mol. The normalized spacial score (nSPS) is 17.5. The fourth-order valence-electron chi connectivity index (χ4n) is 7.39. The fraction of sp³-hybridized carbons (Fsp3) is 0.0732. The van der Waals surface area contributed by atoms with Crippen LogP contribution in [0.25, 0.3) is 38.2 Å². The average Bonchev–Trinajstić information content (AvgIpc) is 3.16. The van der Waals surface area contributed by atoms with Crippen LogP contribution in [0.15, 0.2) is 157 Å². The zero-order chi connectivity index (χ0) is 28.1. The molecule has 6 aromatic rings. The predicted molar refractivity (Wildman–Crippen MR) is 177 cm³/mol. The highest BCUT2D eigenvalue weighted by Crippen LogP contribution is 2.57. The number of rotatable bonds is 4. The Balaban J connectivity index is 1.40. The Morgan fingerprint density at radius 2 is 1.31 bits per heavy atom. The molecule has 0 aromatic heterocycles. The molecule has 2 N–H and O–H groups in total. The van der Waals surface area contributed by atoms with Crippen LogP contribution in [0.4, 0.5) is 0 Å². The third-order valence-electron chi connectivity index (χ3n) is 9.24. The summed E-state index contributed by atoms with van der Waals surface area (Å²) in [6, 6.07) is 46.9. The molecule has 2 aliphatic carbocycles. The van der Waals surface area contributed by atoms with Crippen LogP contribution in [0, 0.1) is 0 Å². The van der Waals surface area contributed by atoms with Crippen molar-refractivity contribution in [3.05, 3.63) is 185 Å². The predicted octanol–water partition coefficient (Wildman–Crippen LogP) is 9.74. The van der Waals surface area contributed by atoms with Crippen molar-refractivity contribution in [2.45, 2.75) is 18.4 Å². The first-order valence-corrected chi connectivity index (χ1v) is 14.8. The van der Waals surface area contributed by atoms with Gasteiger partial charge in [0.2, 0.25) is 0 Å². The Morgan fingerprint density at radius 1 is 0.619 bits per heavy atom. The summed E-state index contributed by atoms with van der Waals surface area (Å²) in [5.74, 6) is 0. The van der Waals surface area contributed by atoms with Crippen LogP contribution in [0.1, 0.15) is 34.2 Å². The third-order valence-corrected chi connectivity index (χ3v) is 9.24. The molecule has 1 heteroatoms. The van der Waals surface area contributed by atoms with E-state index in [1.54, 1.807) is 0 Å². The van der Waals surface area contributed by atoms with Gasteiger partial charge >= 0.3 is 0 Å². The summed E-state index contributed by atoms with van der Waals surface area (Å²) in [6.07, 6.45) is 9.92. The van der Waals surface area contributed by atoms with Crippen molar-refractivity contribution >= 4 is 27.1 Å². The zero-order valence-electron chi connectivity index (χ0n) is 23.4. The molecule has 0 bridgehead atoms. The van der Waals surface area contributed by atoms with Crippen LogP contribution in [0.3, 0.4) is 0 Å². The SMILES string of the molecule is NCc1cc2ccccc2cc1-c1ccc(C2(c3ccccc3)C3=C(C=CC=CC3)c3c2ccc2ccccc32)cc1. The molecule has 0 saturated carbocycles. The van der Waals surface area contributed by atoms with Crippen LogP contribution in [0.5, 0.6) is 0 Å². The third kappa shape index (κ3) is 3.61. The van der Waals surface area contributed by atoms with Gasteiger partial charge in [0.25, 0.3) is 0 Å². The molecule has 200 valence electrons. The molecule has 1 unspecified atom stereocenters. The number of hydrogen-bond donors (Lipinski definition) is 1. The summed E-state index contributed by atoms with van der Waals surface area (Å²) >= 11 is 0. The number of nitrogens with two attached hydrogens (primary N) is 1. The standard InChI is InChI=1S/C41H31N/c42-27-32-25-30-12-7-8-13-31(30)26-37(32)29-19-22-34(23-20-29)41(33-14-3-1-4-15-33)38-18-6-2-5-17-36(38)40-35-16-10-9-11-28(35)21-24-39(40)41/h1-17,19-26H,18,27,42H2. The second kappa shape index (κ2) is 9.83. The molecule has 1 atom stereocenters. The molecule has 0 amide bonds. The van der Waals surface area contributed by atoms with E-state index in [0.717, 1.165) is 6.42 Å². The van der Waals surface area contributed by atoms with Gasteiger partial charge in [-0.1, -0.05) is 140 Å². The van der Waals surface area contributed by atoms with E-state index in [9.17, 15) is 0 Å². The maximum Gasteiger partial charge on any atom is 0.0679 e. The lowest BCUT2D eigenvalue weighted by Crippen LogP contribution is -2.30. The first kappa shape index (κ1) is 24.8. The van der Waals surface area contributed by atoms with Crippen molar-refractivity contribution in [2.24, 2.45) is 5.73 Å². The van der Waals surface area contributed by atoms with Gasteiger partial charge in [-0.3, -0.25) is 0 Å². The Hall–Kier alpha value is -4.98. The maximum atomic E-state index is 6.27. The molecule has 1 nitrogen and oxygen atoms in total. The van der Waals surface area contributed by atoms with E-state index in [4.69, 9.17) is 5.73 Å². The van der Waals surface area contributed by atoms with Gasteiger partial charge in [-0.05, 0) is 90.2 Å². The second-order valence-electron chi connectivity index (χ2n) is 11.3. The van der Waals surface area contributed by atoms with Gasteiger partial charge in [0.15, 0.2) is 0 Å². The minimum atomic E-state index is -0.395. The molecule has 6 aromatic carbocycles. The molecular weight excluding hydrogens is 506 g/mol. The van der Waals surface area contributed by atoms with Crippen LogP contribution in [-0.4, -0.2) is 0 Å². The lowest BCUT2D eigenvalue weighted by molar-refractivity contribution is 0.726. The highest BCUT2D eigenvalue weighted by molar-refractivity contribution is 6.03. The van der Waals surface area contributed by atoms with Crippen molar-refractivity contribution in [1.82, 2.24) is 0 Å². The highest BCUT2D eigenvalue weighted by atomic mass is 14.5. The van der Waals surface area contributed by atoms with E-state index >= 15 is 0 Å². The Morgan fingerprint density at radius 3 is 2.10 bits per heavy atom.